The van der Waals surface area contributed by atoms with E-state index in [4.69, 9.17) is 10.5 Å². The Balaban J connectivity index is 4.20. The van der Waals surface area contributed by atoms with Crippen molar-refractivity contribution in [1.29, 1.82) is 0 Å². The van der Waals surface area contributed by atoms with Gasteiger partial charge in [-0.1, -0.05) is 13.8 Å². The molecule has 0 aromatic rings. The Bertz CT molecular complexity index is 215. The van der Waals surface area contributed by atoms with Crippen molar-refractivity contribution in [3.05, 3.63) is 0 Å². The van der Waals surface area contributed by atoms with Gasteiger partial charge in [-0.25, -0.2) is 0 Å². The van der Waals surface area contributed by atoms with Gasteiger partial charge in [-0.3, -0.25) is 4.79 Å². The number of ether oxygens (including phenoxy) is 1. The number of amides is 1. The van der Waals surface area contributed by atoms with Crippen LogP contribution in [0.3, 0.4) is 0 Å². The molecule has 0 radical (unpaired) electrons. The summed E-state index contributed by atoms with van der Waals surface area (Å²) in [6, 6.07) is 0.158. The third kappa shape index (κ3) is 6.08. The normalized spacial score (nSPS) is 13.9. The van der Waals surface area contributed by atoms with E-state index in [1.807, 2.05) is 13.8 Å². The highest BCUT2D eigenvalue weighted by Gasteiger charge is 2.23. The molecule has 96 valence electrons. The number of hydrogen-bond donors (Lipinski definition) is 2. The molecule has 0 saturated carbocycles. The lowest BCUT2D eigenvalue weighted by atomic mass is 9.99. The molecule has 0 aromatic carbocycles. The molecule has 0 bridgehead atoms. The molecule has 1 unspecified atom stereocenters. The Morgan fingerprint density at radius 2 is 2.00 bits per heavy atom. The molecule has 0 heterocycles. The van der Waals surface area contributed by atoms with Crippen LogP contribution < -0.4 is 11.1 Å². The minimum Gasteiger partial charge on any atom is -0.378 e. The lowest BCUT2D eigenvalue weighted by Crippen LogP contribution is -2.42. The maximum absolute atomic E-state index is 11.8. The molecular weight excluding hydrogens is 204 g/mol. The number of methoxy groups -OCH3 is 1. The third-order valence-electron chi connectivity index (χ3n) is 2.77. The Kier molecular flexibility index (Phi) is 6.60. The monoisotopic (exact) mass is 230 g/mol. The van der Waals surface area contributed by atoms with Crippen molar-refractivity contribution in [1.82, 2.24) is 5.32 Å². The van der Waals surface area contributed by atoms with E-state index < -0.39 is 5.60 Å². The van der Waals surface area contributed by atoms with Crippen LogP contribution in [0.15, 0.2) is 0 Å². The van der Waals surface area contributed by atoms with Crippen molar-refractivity contribution in [2.45, 2.75) is 52.2 Å². The number of hydrogen-bond acceptors (Lipinski definition) is 3. The van der Waals surface area contributed by atoms with Crippen molar-refractivity contribution < 1.29 is 9.53 Å². The number of rotatable bonds is 7. The van der Waals surface area contributed by atoms with E-state index in [-0.39, 0.29) is 11.9 Å². The summed E-state index contributed by atoms with van der Waals surface area (Å²) in [6.07, 6.45) is 1.19. The van der Waals surface area contributed by atoms with Gasteiger partial charge in [-0.05, 0) is 32.7 Å². The van der Waals surface area contributed by atoms with Crippen molar-refractivity contribution in [2.24, 2.45) is 11.7 Å². The number of nitrogens with two attached hydrogens (primary N) is 1. The first-order valence-corrected chi connectivity index (χ1v) is 5.87. The zero-order chi connectivity index (χ0) is 12.8. The molecule has 0 saturated heterocycles. The maximum Gasteiger partial charge on any atom is 0.223 e. The van der Waals surface area contributed by atoms with Crippen molar-refractivity contribution in [3.63, 3.8) is 0 Å². The smallest absolute Gasteiger partial charge is 0.223 e. The van der Waals surface area contributed by atoms with Crippen LogP contribution >= 0.6 is 0 Å². The minimum atomic E-state index is -0.408. The molecule has 1 amide bonds. The van der Waals surface area contributed by atoms with Crippen molar-refractivity contribution in [3.8, 4) is 0 Å². The van der Waals surface area contributed by atoms with Crippen LogP contribution in [0.2, 0.25) is 0 Å². The molecule has 16 heavy (non-hydrogen) atoms. The van der Waals surface area contributed by atoms with Crippen LogP contribution in [-0.2, 0) is 9.53 Å². The first kappa shape index (κ1) is 15.4. The van der Waals surface area contributed by atoms with Gasteiger partial charge in [-0.2, -0.15) is 0 Å². The predicted molar refractivity (Wildman–Crippen MR) is 66.1 cm³/mol. The van der Waals surface area contributed by atoms with Gasteiger partial charge >= 0.3 is 0 Å². The highest BCUT2D eigenvalue weighted by Crippen LogP contribution is 2.13. The second kappa shape index (κ2) is 6.86. The Labute approximate surface area is 98.9 Å². The number of carbonyl (C=O) groups is 1. The summed E-state index contributed by atoms with van der Waals surface area (Å²) in [6.45, 7) is 8.57. The molecule has 4 nitrogen and oxygen atoms in total. The molecule has 0 spiro atoms. The molecule has 0 rings (SSSR count). The molecule has 3 N–H and O–H groups in total. The van der Waals surface area contributed by atoms with E-state index in [0.29, 0.717) is 18.9 Å². The fourth-order valence-corrected chi connectivity index (χ4v) is 1.47. The lowest BCUT2D eigenvalue weighted by Gasteiger charge is -2.26. The summed E-state index contributed by atoms with van der Waals surface area (Å²) in [5.41, 5.74) is 5.11. The lowest BCUT2D eigenvalue weighted by molar-refractivity contribution is -0.127. The second-order valence-electron chi connectivity index (χ2n) is 5.14. The summed E-state index contributed by atoms with van der Waals surface area (Å²) in [5.74, 6) is 0.428. The highest BCUT2D eigenvalue weighted by molar-refractivity contribution is 5.77. The van der Waals surface area contributed by atoms with Crippen LogP contribution in [-0.4, -0.2) is 31.2 Å². The van der Waals surface area contributed by atoms with Gasteiger partial charge in [0.2, 0.25) is 5.91 Å². The van der Waals surface area contributed by atoms with Gasteiger partial charge in [0.05, 0.1) is 12.0 Å². The van der Waals surface area contributed by atoms with Gasteiger partial charge in [0.1, 0.15) is 0 Å². The summed E-state index contributed by atoms with van der Waals surface area (Å²) < 4.78 is 5.22. The minimum absolute atomic E-state index is 0.0269. The van der Waals surface area contributed by atoms with Crippen LogP contribution in [0.1, 0.15) is 40.5 Å². The number of carbonyl (C=O) groups excluding carboxylic acids is 1. The summed E-state index contributed by atoms with van der Waals surface area (Å²) >= 11 is 0. The third-order valence-corrected chi connectivity index (χ3v) is 2.77. The first-order chi connectivity index (χ1) is 7.32. The highest BCUT2D eigenvalue weighted by atomic mass is 16.5. The molecule has 4 heteroatoms. The second-order valence-corrected chi connectivity index (χ2v) is 5.14. The van der Waals surface area contributed by atoms with E-state index in [9.17, 15) is 4.79 Å². The molecule has 1 atom stereocenters. The van der Waals surface area contributed by atoms with Crippen LogP contribution in [0.25, 0.3) is 0 Å². The van der Waals surface area contributed by atoms with E-state index in [2.05, 4.69) is 19.2 Å². The standard InChI is InChI=1S/C12H26N2O2/c1-9(2)10(6-7-13)14-11(15)8-12(3,4)16-5/h9-10H,6-8,13H2,1-5H3,(H,14,15). The fraction of sp³-hybridized carbons (Fsp3) is 0.917. The van der Waals surface area contributed by atoms with Crippen molar-refractivity contribution >= 4 is 5.91 Å². The topological polar surface area (TPSA) is 64.3 Å². The predicted octanol–water partition coefficient (Wildman–Crippen LogP) is 1.29. The van der Waals surface area contributed by atoms with Gasteiger partial charge in [0, 0.05) is 13.2 Å². The van der Waals surface area contributed by atoms with E-state index in [1.165, 1.54) is 0 Å². The quantitative estimate of drug-likeness (QED) is 0.692. The van der Waals surface area contributed by atoms with Crippen LogP contribution in [0.4, 0.5) is 0 Å². The molecule has 0 fully saturated rings. The molecular formula is C12H26N2O2. The Morgan fingerprint density at radius 3 is 2.38 bits per heavy atom. The van der Waals surface area contributed by atoms with Gasteiger partial charge in [-0.15, -0.1) is 0 Å². The van der Waals surface area contributed by atoms with Gasteiger partial charge < -0.3 is 15.8 Å². The van der Waals surface area contributed by atoms with E-state index in [0.717, 1.165) is 6.42 Å². The average Bonchev–Trinajstić information content (AvgIpc) is 2.16. The Hall–Kier alpha value is -0.610. The van der Waals surface area contributed by atoms with Gasteiger partial charge in [0.15, 0.2) is 0 Å². The zero-order valence-corrected chi connectivity index (χ0v) is 11.2. The zero-order valence-electron chi connectivity index (χ0n) is 11.2. The molecule has 0 aromatic heterocycles. The van der Waals surface area contributed by atoms with Crippen LogP contribution in [0, 0.1) is 5.92 Å². The average molecular weight is 230 g/mol. The van der Waals surface area contributed by atoms with Gasteiger partial charge in [0.25, 0.3) is 0 Å². The van der Waals surface area contributed by atoms with Crippen molar-refractivity contribution in [2.75, 3.05) is 13.7 Å². The number of nitrogens with one attached hydrogen (secondary N) is 1. The van der Waals surface area contributed by atoms with Crippen LogP contribution in [0.5, 0.6) is 0 Å². The Morgan fingerprint density at radius 1 is 1.44 bits per heavy atom. The first-order valence-electron chi connectivity index (χ1n) is 5.87. The fourth-order valence-electron chi connectivity index (χ4n) is 1.47. The molecule has 0 aliphatic heterocycles. The molecule has 0 aliphatic rings. The SMILES string of the molecule is COC(C)(C)CC(=O)NC(CCN)C(C)C. The molecule has 0 aliphatic carbocycles. The largest absolute Gasteiger partial charge is 0.378 e. The summed E-state index contributed by atoms with van der Waals surface area (Å²) in [7, 11) is 1.62. The maximum atomic E-state index is 11.8. The summed E-state index contributed by atoms with van der Waals surface area (Å²) in [4.78, 5) is 11.8. The van der Waals surface area contributed by atoms with E-state index in [1.54, 1.807) is 7.11 Å². The summed E-state index contributed by atoms with van der Waals surface area (Å²) in [5, 5.41) is 3.01. The van der Waals surface area contributed by atoms with E-state index >= 15 is 0 Å².